The molecule has 4 rings (SSSR count). The quantitative estimate of drug-likeness (QED) is 0.512. The maximum Gasteiger partial charge on any atom is 0.305 e. The number of aromatic nitrogens is 1. The van der Waals surface area contributed by atoms with Gasteiger partial charge in [-0.05, 0) is 35.7 Å². The van der Waals surface area contributed by atoms with Crippen molar-refractivity contribution in [2.45, 2.75) is 6.61 Å². The van der Waals surface area contributed by atoms with Crippen molar-refractivity contribution in [2.24, 2.45) is 0 Å². The van der Waals surface area contributed by atoms with Crippen molar-refractivity contribution >= 4 is 22.6 Å². The molecule has 29 heavy (non-hydrogen) atoms. The number of furan rings is 1. The van der Waals surface area contributed by atoms with Gasteiger partial charge >= 0.3 is 5.91 Å². The first-order valence-corrected chi connectivity index (χ1v) is 8.92. The molecule has 2 amide bonds. The maximum atomic E-state index is 12.4. The van der Waals surface area contributed by atoms with Crippen LogP contribution in [0.15, 0.2) is 83.4 Å². The minimum atomic E-state index is -0.579. The van der Waals surface area contributed by atoms with Crippen molar-refractivity contribution in [2.75, 3.05) is 0 Å². The van der Waals surface area contributed by atoms with Gasteiger partial charge in [0.05, 0.1) is 0 Å². The highest BCUT2D eigenvalue weighted by Crippen LogP contribution is 2.16. The summed E-state index contributed by atoms with van der Waals surface area (Å²) < 4.78 is 11.1. The molecule has 0 radical (unpaired) electrons. The van der Waals surface area contributed by atoms with Gasteiger partial charge in [0.1, 0.15) is 23.8 Å². The van der Waals surface area contributed by atoms with Crippen LogP contribution in [-0.2, 0) is 6.61 Å². The zero-order valence-corrected chi connectivity index (χ0v) is 15.3. The van der Waals surface area contributed by atoms with E-state index in [0.717, 1.165) is 5.39 Å². The van der Waals surface area contributed by atoms with Gasteiger partial charge in [0, 0.05) is 11.6 Å². The lowest BCUT2D eigenvalue weighted by atomic mass is 10.1. The van der Waals surface area contributed by atoms with Crippen LogP contribution in [0.3, 0.4) is 0 Å². The Morgan fingerprint density at radius 2 is 1.62 bits per heavy atom. The van der Waals surface area contributed by atoms with Crippen LogP contribution in [0, 0.1) is 0 Å². The molecule has 0 aliphatic heterocycles. The van der Waals surface area contributed by atoms with Gasteiger partial charge in [0.2, 0.25) is 0 Å². The molecule has 2 heterocycles. The topological polar surface area (TPSA) is 93.5 Å². The SMILES string of the molecule is O=C(NNC(=O)c1nccc2ccccc12)c1ccc(COc2ccccc2)o1. The van der Waals surface area contributed by atoms with E-state index in [2.05, 4.69) is 15.8 Å². The van der Waals surface area contributed by atoms with E-state index in [1.54, 1.807) is 18.3 Å². The highest BCUT2D eigenvalue weighted by Gasteiger charge is 2.15. The number of carbonyl (C=O) groups excluding carboxylic acids is 2. The molecule has 2 N–H and O–H groups in total. The second kappa shape index (κ2) is 8.26. The van der Waals surface area contributed by atoms with Crippen molar-refractivity contribution in [3.8, 4) is 5.75 Å². The molecule has 0 spiro atoms. The number of nitrogens with zero attached hydrogens (tertiary/aromatic N) is 1. The standard InChI is InChI=1S/C22H17N3O4/c26-21(19-11-10-17(29-19)14-28-16-7-2-1-3-8-16)24-25-22(27)20-18-9-5-4-6-15(18)12-13-23-20/h1-13H,14H2,(H,24,26)(H,25,27). The summed E-state index contributed by atoms with van der Waals surface area (Å²) >= 11 is 0. The van der Waals surface area contributed by atoms with Gasteiger partial charge in [-0.2, -0.15) is 0 Å². The summed E-state index contributed by atoms with van der Waals surface area (Å²) in [7, 11) is 0. The van der Waals surface area contributed by atoms with Crippen LogP contribution in [0.2, 0.25) is 0 Å². The Balaban J connectivity index is 1.36. The molecule has 2 aromatic carbocycles. The summed E-state index contributed by atoms with van der Waals surface area (Å²) in [4.78, 5) is 28.8. The van der Waals surface area contributed by atoms with E-state index in [-0.39, 0.29) is 18.1 Å². The Kier molecular flexibility index (Phi) is 5.20. The number of pyridine rings is 1. The maximum absolute atomic E-state index is 12.4. The number of ether oxygens (including phenoxy) is 1. The summed E-state index contributed by atoms with van der Waals surface area (Å²) in [5.74, 6) is 0.146. The van der Waals surface area contributed by atoms with Gasteiger partial charge in [-0.25, -0.2) is 0 Å². The molecule has 4 aromatic rings. The van der Waals surface area contributed by atoms with Crippen LogP contribution in [0.4, 0.5) is 0 Å². The molecule has 0 fully saturated rings. The molecule has 0 atom stereocenters. The molecule has 2 aromatic heterocycles. The summed E-state index contributed by atoms with van der Waals surface area (Å²) in [5, 5.41) is 1.58. The molecule has 7 heteroatoms. The number of hydrogen-bond donors (Lipinski definition) is 2. The van der Waals surface area contributed by atoms with Gasteiger partial charge in [-0.1, -0.05) is 42.5 Å². The summed E-state index contributed by atoms with van der Waals surface area (Å²) in [5.41, 5.74) is 4.92. The van der Waals surface area contributed by atoms with Gasteiger partial charge < -0.3 is 9.15 Å². The van der Waals surface area contributed by atoms with Crippen LogP contribution < -0.4 is 15.6 Å². The van der Waals surface area contributed by atoms with Gasteiger partial charge in [0.15, 0.2) is 5.76 Å². The van der Waals surface area contributed by atoms with Crippen LogP contribution in [0.1, 0.15) is 26.8 Å². The number of hydrazine groups is 1. The zero-order valence-electron chi connectivity index (χ0n) is 15.3. The fourth-order valence-electron chi connectivity index (χ4n) is 2.78. The minimum Gasteiger partial charge on any atom is -0.486 e. The third-order valence-corrected chi connectivity index (χ3v) is 4.19. The molecule has 0 saturated carbocycles. The lowest BCUT2D eigenvalue weighted by Crippen LogP contribution is -2.41. The van der Waals surface area contributed by atoms with E-state index in [0.29, 0.717) is 16.9 Å². The third kappa shape index (κ3) is 4.24. The Morgan fingerprint density at radius 1 is 0.862 bits per heavy atom. The van der Waals surface area contributed by atoms with Crippen LogP contribution in [0.25, 0.3) is 10.8 Å². The summed E-state index contributed by atoms with van der Waals surface area (Å²) in [6, 6.07) is 21.6. The number of rotatable bonds is 5. The fourth-order valence-corrected chi connectivity index (χ4v) is 2.78. The normalized spacial score (nSPS) is 10.5. The van der Waals surface area contributed by atoms with Crippen molar-refractivity contribution < 1.29 is 18.7 Å². The largest absolute Gasteiger partial charge is 0.486 e. The second-order valence-corrected chi connectivity index (χ2v) is 6.16. The number of hydrogen-bond acceptors (Lipinski definition) is 5. The highest BCUT2D eigenvalue weighted by molar-refractivity contribution is 6.06. The number of carbonyl (C=O) groups is 2. The van der Waals surface area contributed by atoms with E-state index in [1.165, 1.54) is 6.07 Å². The van der Waals surface area contributed by atoms with E-state index in [4.69, 9.17) is 9.15 Å². The first-order valence-electron chi connectivity index (χ1n) is 8.92. The van der Waals surface area contributed by atoms with Gasteiger partial charge in [-0.3, -0.25) is 25.4 Å². The Bertz CT molecular complexity index is 1150. The molecule has 0 saturated heterocycles. The second-order valence-electron chi connectivity index (χ2n) is 6.16. The zero-order chi connectivity index (χ0) is 20.1. The van der Waals surface area contributed by atoms with Gasteiger partial charge in [0.25, 0.3) is 5.91 Å². The van der Waals surface area contributed by atoms with Crippen LogP contribution >= 0.6 is 0 Å². The first kappa shape index (κ1) is 18.2. The number of fused-ring (bicyclic) bond motifs is 1. The lowest BCUT2D eigenvalue weighted by Gasteiger charge is -2.07. The molecule has 0 bridgehead atoms. The van der Waals surface area contributed by atoms with Crippen molar-refractivity contribution in [3.63, 3.8) is 0 Å². The predicted octanol–water partition coefficient (Wildman–Crippen LogP) is 3.48. The summed E-state index contributed by atoms with van der Waals surface area (Å²) in [6.07, 6.45) is 1.55. The monoisotopic (exact) mass is 387 g/mol. The van der Waals surface area contributed by atoms with Crippen LogP contribution in [0.5, 0.6) is 5.75 Å². The Morgan fingerprint density at radius 3 is 2.48 bits per heavy atom. The van der Waals surface area contributed by atoms with E-state index >= 15 is 0 Å². The highest BCUT2D eigenvalue weighted by atomic mass is 16.5. The molecule has 0 aliphatic rings. The molecule has 7 nitrogen and oxygen atoms in total. The van der Waals surface area contributed by atoms with E-state index < -0.39 is 11.8 Å². The molecule has 0 unspecified atom stereocenters. The first-order chi connectivity index (χ1) is 14.2. The fraction of sp³-hybridized carbons (Fsp3) is 0.0455. The number of para-hydroxylation sites is 1. The molecule has 144 valence electrons. The van der Waals surface area contributed by atoms with Crippen molar-refractivity contribution in [3.05, 3.63) is 96.2 Å². The average Bonchev–Trinajstić information content (AvgIpc) is 3.25. The minimum absolute atomic E-state index is 0.0582. The van der Waals surface area contributed by atoms with E-state index in [1.807, 2.05) is 54.6 Å². The van der Waals surface area contributed by atoms with Crippen LogP contribution in [-0.4, -0.2) is 16.8 Å². The Hall–Kier alpha value is -4.13. The number of amides is 2. The average molecular weight is 387 g/mol. The van der Waals surface area contributed by atoms with E-state index in [9.17, 15) is 9.59 Å². The molecule has 0 aliphatic carbocycles. The number of nitrogens with one attached hydrogen (secondary N) is 2. The molecular formula is C22H17N3O4. The van der Waals surface area contributed by atoms with Crippen molar-refractivity contribution in [1.82, 2.24) is 15.8 Å². The Labute approximate surface area is 166 Å². The smallest absolute Gasteiger partial charge is 0.305 e. The predicted molar refractivity (Wildman–Crippen MR) is 106 cm³/mol. The summed E-state index contributed by atoms with van der Waals surface area (Å²) in [6.45, 7) is 0.184. The van der Waals surface area contributed by atoms with Gasteiger partial charge in [-0.15, -0.1) is 0 Å². The molecular weight excluding hydrogens is 370 g/mol. The number of benzene rings is 2. The third-order valence-electron chi connectivity index (χ3n) is 4.19. The van der Waals surface area contributed by atoms with Crippen molar-refractivity contribution in [1.29, 1.82) is 0 Å². The lowest BCUT2D eigenvalue weighted by molar-refractivity contribution is 0.0827.